The van der Waals surface area contributed by atoms with E-state index in [2.05, 4.69) is 72.2 Å². The number of benzene rings is 4. The molecular formula is C34H34BrN7. The third kappa shape index (κ3) is 8.41. The van der Waals surface area contributed by atoms with E-state index < -0.39 is 0 Å². The summed E-state index contributed by atoms with van der Waals surface area (Å²) in [7, 11) is 2.04. The van der Waals surface area contributed by atoms with Crippen LogP contribution in [0.25, 0.3) is 0 Å². The molecule has 212 valence electrons. The lowest BCUT2D eigenvalue weighted by Crippen LogP contribution is -3.00. The lowest BCUT2D eigenvalue weighted by atomic mass is 10.0. The predicted octanol–water partition coefficient (Wildman–Crippen LogP) is 4.13. The Balaban J connectivity index is 0.00000405. The third-order valence-corrected chi connectivity index (χ3v) is 6.68. The van der Waals surface area contributed by atoms with Crippen molar-refractivity contribution in [3.63, 3.8) is 0 Å². The van der Waals surface area contributed by atoms with Gasteiger partial charge >= 0.3 is 0 Å². The maximum atomic E-state index is 4.55. The highest BCUT2D eigenvalue weighted by Gasteiger charge is 2.08. The van der Waals surface area contributed by atoms with Gasteiger partial charge in [0.05, 0.1) is 31.2 Å². The van der Waals surface area contributed by atoms with E-state index in [4.69, 9.17) is 0 Å². The van der Waals surface area contributed by atoms with Crippen LogP contribution >= 0.6 is 0 Å². The van der Waals surface area contributed by atoms with Crippen LogP contribution < -0.4 is 26.4 Å². The van der Waals surface area contributed by atoms with Crippen LogP contribution in [0.4, 0.5) is 17.1 Å². The number of aryl methyl sites for hydroxylation is 1. The zero-order valence-corrected chi connectivity index (χ0v) is 25.4. The van der Waals surface area contributed by atoms with Crippen LogP contribution in [0.3, 0.4) is 0 Å². The summed E-state index contributed by atoms with van der Waals surface area (Å²) in [6.07, 6.45) is 8.00. The first-order valence-electron chi connectivity index (χ1n) is 13.8. The lowest BCUT2D eigenvalue weighted by Gasteiger charge is -2.22. The molecular weight excluding hydrogens is 586 g/mol. The monoisotopic (exact) mass is 619 g/mol. The second kappa shape index (κ2) is 15.3. The highest BCUT2D eigenvalue weighted by molar-refractivity contribution is 6.12. The largest absolute Gasteiger partial charge is 1.00 e. The molecule has 4 aromatic carbocycles. The molecule has 0 saturated heterocycles. The fourth-order valence-corrected chi connectivity index (χ4v) is 4.44. The Morgan fingerprint density at radius 1 is 0.786 bits per heavy atom. The Kier molecular flexibility index (Phi) is 11.1. The standard InChI is InChI=1S/C34H34N7.BrH/c1-3-41(25-24-40-23-22-39(2)27-40)33-20-18-32(19-21-33)37-36-31-16-14-28(15-17-31)26-35-38-34(29-10-6-4-7-11-29)30-12-8-5-9-13-30;/h4-23,26-27H,3,24-25H2,1-2H3;1H/q+1;/p-1/b35-26+,37-36?;. The van der Waals surface area contributed by atoms with Gasteiger partial charge in [0.15, 0.2) is 0 Å². The molecule has 8 heteroatoms. The van der Waals surface area contributed by atoms with Crippen molar-refractivity contribution in [3.05, 3.63) is 145 Å². The number of halogens is 1. The molecule has 1 heterocycles. The van der Waals surface area contributed by atoms with Crippen LogP contribution in [0.2, 0.25) is 0 Å². The summed E-state index contributed by atoms with van der Waals surface area (Å²) in [4.78, 5) is 2.36. The second-order valence-electron chi connectivity index (χ2n) is 9.63. The Morgan fingerprint density at radius 3 is 1.88 bits per heavy atom. The molecule has 1 aromatic heterocycles. The fourth-order valence-electron chi connectivity index (χ4n) is 4.44. The number of anilines is 1. The third-order valence-electron chi connectivity index (χ3n) is 6.68. The lowest BCUT2D eigenvalue weighted by molar-refractivity contribution is -0.671. The van der Waals surface area contributed by atoms with Crippen LogP contribution in [-0.2, 0) is 13.6 Å². The zero-order chi connectivity index (χ0) is 28.3. The van der Waals surface area contributed by atoms with Gasteiger partial charge < -0.3 is 21.9 Å². The topological polar surface area (TPSA) is 61.5 Å². The van der Waals surface area contributed by atoms with Gasteiger partial charge in [0.1, 0.15) is 24.7 Å². The Hall–Kier alpha value is -4.69. The van der Waals surface area contributed by atoms with E-state index in [0.717, 1.165) is 53.4 Å². The molecule has 5 aromatic rings. The molecule has 5 rings (SSSR count). The summed E-state index contributed by atoms with van der Waals surface area (Å²) in [5.41, 5.74) is 6.58. The summed E-state index contributed by atoms with van der Waals surface area (Å²) >= 11 is 0. The van der Waals surface area contributed by atoms with Crippen LogP contribution in [0, 0.1) is 0 Å². The van der Waals surface area contributed by atoms with E-state index in [1.165, 1.54) is 5.69 Å². The van der Waals surface area contributed by atoms with Crippen LogP contribution in [-0.4, -0.2) is 29.6 Å². The zero-order valence-electron chi connectivity index (χ0n) is 23.8. The molecule has 0 spiro atoms. The number of imidazole rings is 1. The van der Waals surface area contributed by atoms with Gasteiger partial charge in [-0.15, -0.1) is 5.10 Å². The van der Waals surface area contributed by atoms with Gasteiger partial charge in [-0.05, 0) is 48.9 Å². The maximum Gasteiger partial charge on any atom is 0.243 e. The molecule has 0 bridgehead atoms. The molecule has 0 radical (unpaired) electrons. The number of hydrogen-bond acceptors (Lipinski definition) is 5. The van der Waals surface area contributed by atoms with Gasteiger partial charge in [0.2, 0.25) is 6.33 Å². The van der Waals surface area contributed by atoms with Gasteiger partial charge in [0.25, 0.3) is 0 Å². The van der Waals surface area contributed by atoms with Crippen molar-refractivity contribution in [3.8, 4) is 0 Å². The van der Waals surface area contributed by atoms with Crippen molar-refractivity contribution in [1.82, 2.24) is 4.57 Å². The van der Waals surface area contributed by atoms with E-state index in [9.17, 15) is 0 Å². The van der Waals surface area contributed by atoms with Crippen LogP contribution in [0.1, 0.15) is 23.6 Å². The molecule has 0 N–H and O–H groups in total. The van der Waals surface area contributed by atoms with Gasteiger partial charge in [0, 0.05) is 23.4 Å². The Labute approximate surface area is 258 Å². The fraction of sp³-hybridized carbons (Fsp3) is 0.147. The summed E-state index contributed by atoms with van der Waals surface area (Å²) < 4.78 is 4.25. The molecule has 0 unspecified atom stereocenters. The smallest absolute Gasteiger partial charge is 0.243 e. The van der Waals surface area contributed by atoms with Crippen molar-refractivity contribution in [2.24, 2.45) is 27.5 Å². The Bertz CT molecular complexity index is 1570. The minimum Gasteiger partial charge on any atom is -1.00 e. The van der Waals surface area contributed by atoms with Crippen molar-refractivity contribution >= 4 is 29.0 Å². The molecule has 0 atom stereocenters. The summed E-state index contributed by atoms with van der Waals surface area (Å²) in [6, 6.07) is 36.2. The normalized spacial score (nSPS) is 11.0. The molecule has 0 aliphatic rings. The van der Waals surface area contributed by atoms with Crippen molar-refractivity contribution < 1.29 is 21.5 Å². The molecule has 0 saturated carbocycles. The van der Waals surface area contributed by atoms with Gasteiger partial charge in [-0.2, -0.15) is 15.3 Å². The highest BCUT2D eigenvalue weighted by Crippen LogP contribution is 2.22. The van der Waals surface area contributed by atoms with Crippen LogP contribution in [0.15, 0.2) is 148 Å². The number of nitrogens with zero attached hydrogens (tertiary/aromatic N) is 7. The average molecular weight is 621 g/mol. The van der Waals surface area contributed by atoms with Crippen molar-refractivity contribution in [2.75, 3.05) is 18.0 Å². The second-order valence-corrected chi connectivity index (χ2v) is 9.63. The summed E-state index contributed by atoms with van der Waals surface area (Å²) in [6.45, 7) is 4.99. The summed E-state index contributed by atoms with van der Waals surface area (Å²) in [5, 5.41) is 17.8. The molecule has 7 nitrogen and oxygen atoms in total. The average Bonchev–Trinajstić information content (AvgIpc) is 3.45. The van der Waals surface area contributed by atoms with Gasteiger partial charge in [-0.3, -0.25) is 0 Å². The number of rotatable bonds is 11. The van der Waals surface area contributed by atoms with E-state index in [1.807, 2.05) is 104 Å². The SMILES string of the molecule is CCN(CCn1cc[n+](C)c1)c1ccc(N=Nc2ccc(/C=N/N=C(c3ccccc3)c3ccccc3)cc2)cc1.[Br-]. The Morgan fingerprint density at radius 2 is 1.36 bits per heavy atom. The highest BCUT2D eigenvalue weighted by atomic mass is 79.9. The first-order valence-corrected chi connectivity index (χ1v) is 13.8. The van der Waals surface area contributed by atoms with E-state index >= 15 is 0 Å². The molecule has 0 aliphatic heterocycles. The number of hydrogen-bond donors (Lipinski definition) is 0. The van der Waals surface area contributed by atoms with Crippen molar-refractivity contribution in [2.45, 2.75) is 13.5 Å². The molecule has 0 aliphatic carbocycles. The molecule has 0 amide bonds. The number of aromatic nitrogens is 2. The minimum absolute atomic E-state index is 0. The predicted molar refractivity (Wildman–Crippen MR) is 167 cm³/mol. The number of azo groups is 1. The number of likely N-dealkylation sites (N-methyl/N-ethyl adjacent to an activating group) is 1. The van der Waals surface area contributed by atoms with Gasteiger partial charge in [-0.25, -0.2) is 9.13 Å². The van der Waals surface area contributed by atoms with E-state index in [1.54, 1.807) is 6.21 Å². The quantitative estimate of drug-likeness (QED) is 0.0949. The molecule has 0 fully saturated rings. The van der Waals surface area contributed by atoms with E-state index in [0.29, 0.717) is 0 Å². The first-order chi connectivity index (χ1) is 20.2. The maximum absolute atomic E-state index is 4.55. The first kappa shape index (κ1) is 30.3. The van der Waals surface area contributed by atoms with E-state index in [-0.39, 0.29) is 17.0 Å². The minimum atomic E-state index is 0. The van der Waals surface area contributed by atoms with Crippen molar-refractivity contribution in [1.29, 1.82) is 0 Å². The molecule has 42 heavy (non-hydrogen) atoms. The van der Waals surface area contributed by atoms with Gasteiger partial charge in [-0.1, -0.05) is 72.8 Å². The van der Waals surface area contributed by atoms with Crippen LogP contribution in [0.5, 0.6) is 0 Å². The summed E-state index contributed by atoms with van der Waals surface area (Å²) in [5.74, 6) is 0.